The highest BCUT2D eigenvalue weighted by Gasteiger charge is 2.12. The molecule has 1 rings (SSSR count). The van der Waals surface area contributed by atoms with Gasteiger partial charge in [-0.1, -0.05) is 13.8 Å². The van der Waals surface area contributed by atoms with Crippen molar-refractivity contribution in [2.24, 2.45) is 13.0 Å². The summed E-state index contributed by atoms with van der Waals surface area (Å²) in [6.45, 7) is 9.03. The smallest absolute Gasteiger partial charge is 0.0621 e. The van der Waals surface area contributed by atoms with E-state index >= 15 is 0 Å². The molecule has 0 saturated carbocycles. The molecule has 4 nitrogen and oxygen atoms in total. The summed E-state index contributed by atoms with van der Waals surface area (Å²) in [7, 11) is 1.95. The monoisotopic (exact) mass is 239 g/mol. The molecule has 0 bridgehead atoms. The van der Waals surface area contributed by atoms with Crippen LogP contribution in [0.5, 0.6) is 0 Å². The van der Waals surface area contributed by atoms with Crippen LogP contribution in [-0.2, 0) is 18.2 Å². The minimum absolute atomic E-state index is 0.437. The summed E-state index contributed by atoms with van der Waals surface area (Å²) in [6.07, 6.45) is 5.01. The first-order valence-corrected chi connectivity index (χ1v) is 6.42. The highest BCUT2D eigenvalue weighted by Crippen LogP contribution is 2.03. The second-order valence-electron chi connectivity index (χ2n) is 4.74. The van der Waals surface area contributed by atoms with E-state index in [1.54, 1.807) is 0 Å². The summed E-state index contributed by atoms with van der Waals surface area (Å²) in [5.74, 6) is 0.593. The number of hydrogen-bond donors (Lipinski definition) is 1. The summed E-state index contributed by atoms with van der Waals surface area (Å²) in [4.78, 5) is 0. The molecule has 0 aliphatic carbocycles. The highest BCUT2D eigenvalue weighted by atomic mass is 16.5. The van der Waals surface area contributed by atoms with Crippen LogP contribution >= 0.6 is 0 Å². The number of ether oxygens (including phenoxy) is 1. The Morgan fingerprint density at radius 1 is 1.47 bits per heavy atom. The SMILES string of the molecule is CCOCC(NCCc1cnn(C)c1)C(C)C. The molecule has 0 aromatic carbocycles. The van der Waals surface area contributed by atoms with E-state index in [2.05, 4.69) is 30.5 Å². The summed E-state index contributed by atoms with van der Waals surface area (Å²) >= 11 is 0. The van der Waals surface area contributed by atoms with E-state index in [9.17, 15) is 0 Å². The van der Waals surface area contributed by atoms with Crippen molar-refractivity contribution in [2.75, 3.05) is 19.8 Å². The van der Waals surface area contributed by atoms with Crippen LogP contribution in [0.2, 0.25) is 0 Å². The Labute approximate surface area is 104 Å². The molecule has 0 amide bonds. The van der Waals surface area contributed by atoms with Crippen LogP contribution in [0, 0.1) is 5.92 Å². The maximum atomic E-state index is 5.48. The molecule has 1 N–H and O–H groups in total. The lowest BCUT2D eigenvalue weighted by molar-refractivity contribution is 0.108. The fourth-order valence-corrected chi connectivity index (χ4v) is 1.73. The lowest BCUT2D eigenvalue weighted by Crippen LogP contribution is -2.39. The van der Waals surface area contributed by atoms with Crippen molar-refractivity contribution in [2.45, 2.75) is 33.2 Å². The number of hydrogen-bond acceptors (Lipinski definition) is 3. The van der Waals surface area contributed by atoms with Crippen LogP contribution < -0.4 is 5.32 Å². The Kier molecular flexibility index (Phi) is 6.22. The fourth-order valence-electron chi connectivity index (χ4n) is 1.73. The minimum Gasteiger partial charge on any atom is -0.380 e. The highest BCUT2D eigenvalue weighted by molar-refractivity contribution is 5.03. The van der Waals surface area contributed by atoms with Crippen molar-refractivity contribution in [3.05, 3.63) is 18.0 Å². The number of rotatable bonds is 8. The fraction of sp³-hybridized carbons (Fsp3) is 0.769. The molecule has 0 saturated heterocycles. The van der Waals surface area contributed by atoms with Gasteiger partial charge >= 0.3 is 0 Å². The van der Waals surface area contributed by atoms with E-state index in [4.69, 9.17) is 4.74 Å². The summed E-state index contributed by atoms with van der Waals surface area (Å²) in [5, 5.41) is 7.71. The molecule has 0 radical (unpaired) electrons. The average Bonchev–Trinajstić information content (AvgIpc) is 2.68. The van der Waals surface area contributed by atoms with E-state index in [1.807, 2.05) is 24.9 Å². The van der Waals surface area contributed by atoms with Crippen molar-refractivity contribution in [1.82, 2.24) is 15.1 Å². The summed E-state index contributed by atoms with van der Waals surface area (Å²) in [6, 6.07) is 0.437. The number of aromatic nitrogens is 2. The van der Waals surface area contributed by atoms with Gasteiger partial charge in [-0.25, -0.2) is 0 Å². The van der Waals surface area contributed by atoms with Gasteiger partial charge in [0.15, 0.2) is 0 Å². The van der Waals surface area contributed by atoms with Crippen molar-refractivity contribution < 1.29 is 4.74 Å². The quantitative estimate of drug-likeness (QED) is 0.749. The molecule has 1 atom stereocenters. The number of aryl methyl sites for hydroxylation is 1. The first-order valence-electron chi connectivity index (χ1n) is 6.42. The van der Waals surface area contributed by atoms with Crippen LogP contribution in [0.15, 0.2) is 12.4 Å². The third-order valence-electron chi connectivity index (χ3n) is 2.88. The molecule has 0 aliphatic rings. The van der Waals surface area contributed by atoms with Crippen molar-refractivity contribution in [1.29, 1.82) is 0 Å². The number of nitrogens with zero attached hydrogens (tertiary/aromatic N) is 2. The van der Waals surface area contributed by atoms with Gasteiger partial charge < -0.3 is 10.1 Å². The zero-order valence-corrected chi connectivity index (χ0v) is 11.4. The molecule has 0 fully saturated rings. The first-order chi connectivity index (χ1) is 8.13. The van der Waals surface area contributed by atoms with Crippen molar-refractivity contribution in [3.63, 3.8) is 0 Å². The lowest BCUT2D eigenvalue weighted by Gasteiger charge is -2.22. The van der Waals surface area contributed by atoms with Gasteiger partial charge in [-0.2, -0.15) is 5.10 Å². The zero-order chi connectivity index (χ0) is 12.7. The number of nitrogens with one attached hydrogen (secondary N) is 1. The average molecular weight is 239 g/mol. The van der Waals surface area contributed by atoms with Crippen LogP contribution in [0.4, 0.5) is 0 Å². The Morgan fingerprint density at radius 3 is 2.76 bits per heavy atom. The molecule has 0 aliphatic heterocycles. The van der Waals surface area contributed by atoms with Gasteiger partial charge in [-0.05, 0) is 31.4 Å². The molecule has 4 heteroatoms. The second kappa shape index (κ2) is 7.45. The maximum Gasteiger partial charge on any atom is 0.0621 e. The largest absolute Gasteiger partial charge is 0.380 e. The molecule has 17 heavy (non-hydrogen) atoms. The van der Waals surface area contributed by atoms with Gasteiger partial charge in [-0.15, -0.1) is 0 Å². The van der Waals surface area contributed by atoms with Crippen LogP contribution in [0.25, 0.3) is 0 Å². The normalized spacial score (nSPS) is 13.2. The van der Waals surface area contributed by atoms with E-state index in [-0.39, 0.29) is 0 Å². The third-order valence-corrected chi connectivity index (χ3v) is 2.88. The van der Waals surface area contributed by atoms with Gasteiger partial charge in [-0.3, -0.25) is 4.68 Å². The van der Waals surface area contributed by atoms with Crippen LogP contribution in [0.3, 0.4) is 0 Å². The Bertz CT molecular complexity index is 309. The molecule has 98 valence electrons. The van der Waals surface area contributed by atoms with E-state index < -0.39 is 0 Å². The van der Waals surface area contributed by atoms with Crippen LogP contribution in [-0.4, -0.2) is 35.6 Å². The van der Waals surface area contributed by atoms with E-state index in [0.717, 1.165) is 26.2 Å². The van der Waals surface area contributed by atoms with Gasteiger partial charge in [0.25, 0.3) is 0 Å². The van der Waals surface area contributed by atoms with Gasteiger partial charge in [0, 0.05) is 25.9 Å². The predicted molar refractivity (Wildman–Crippen MR) is 70.0 cm³/mol. The summed E-state index contributed by atoms with van der Waals surface area (Å²) in [5.41, 5.74) is 1.28. The summed E-state index contributed by atoms with van der Waals surface area (Å²) < 4.78 is 7.33. The van der Waals surface area contributed by atoms with Gasteiger partial charge in [0.1, 0.15) is 0 Å². The molecular formula is C13H25N3O. The molecular weight excluding hydrogens is 214 g/mol. The minimum atomic E-state index is 0.437. The maximum absolute atomic E-state index is 5.48. The molecule has 1 aromatic heterocycles. The van der Waals surface area contributed by atoms with Crippen molar-refractivity contribution >= 4 is 0 Å². The third kappa shape index (κ3) is 5.33. The van der Waals surface area contributed by atoms with Crippen LogP contribution in [0.1, 0.15) is 26.3 Å². The Balaban J connectivity index is 2.26. The molecule has 1 aromatic rings. The molecule has 1 unspecified atom stereocenters. The predicted octanol–water partition coefficient (Wildman–Crippen LogP) is 1.61. The lowest BCUT2D eigenvalue weighted by atomic mass is 10.1. The van der Waals surface area contributed by atoms with E-state index in [0.29, 0.717) is 12.0 Å². The topological polar surface area (TPSA) is 39.1 Å². The van der Waals surface area contributed by atoms with Gasteiger partial charge in [0.2, 0.25) is 0 Å². The first kappa shape index (κ1) is 14.2. The standard InChI is InChI=1S/C13H25N3O/c1-5-17-10-13(11(2)3)14-7-6-12-8-15-16(4)9-12/h8-9,11,13-14H,5-7,10H2,1-4H3. The zero-order valence-electron chi connectivity index (χ0n) is 11.4. The molecule has 1 heterocycles. The Hall–Kier alpha value is -0.870. The molecule has 0 spiro atoms. The second-order valence-corrected chi connectivity index (χ2v) is 4.74. The van der Waals surface area contributed by atoms with Crippen molar-refractivity contribution in [3.8, 4) is 0 Å². The van der Waals surface area contributed by atoms with Gasteiger partial charge in [0.05, 0.1) is 12.8 Å². The van der Waals surface area contributed by atoms with E-state index in [1.165, 1.54) is 5.56 Å². The Morgan fingerprint density at radius 2 is 2.24 bits per heavy atom.